The number of nitrogens with one attached hydrogen (secondary N) is 5. The first-order chi connectivity index (χ1) is 30.0. The zero-order valence-corrected chi connectivity index (χ0v) is 38.6. The van der Waals surface area contributed by atoms with Crippen molar-refractivity contribution in [3.63, 3.8) is 0 Å². The maximum absolute atomic E-state index is 12.0. The minimum Gasteiger partial charge on any atom is -0.453 e. The highest BCUT2D eigenvalue weighted by Crippen LogP contribution is 2.36. The Kier molecular flexibility index (Phi) is 22.5. The monoisotopic (exact) mass is 886 g/mol. The first-order valence-corrected chi connectivity index (χ1v) is 22.4. The highest BCUT2D eigenvalue weighted by Gasteiger charge is 2.26. The number of aromatic amines is 2. The van der Waals surface area contributed by atoms with Gasteiger partial charge in [0.15, 0.2) is 0 Å². The Morgan fingerprint density at radius 3 is 1.92 bits per heavy atom. The predicted octanol–water partition coefficient (Wildman–Crippen LogP) is 7.73. The Labute approximate surface area is 376 Å². The molecule has 334 valence electrons. The van der Waals surface area contributed by atoms with E-state index in [2.05, 4.69) is 125 Å². The van der Waals surface area contributed by atoms with Crippen molar-refractivity contribution in [2.24, 2.45) is 11.8 Å². The van der Waals surface area contributed by atoms with Gasteiger partial charge in [-0.1, -0.05) is 81.9 Å². The molecule has 2 aliphatic rings. The average Bonchev–Trinajstić information content (AvgIpc) is 3.60. The topological polar surface area (TPSA) is 183 Å². The van der Waals surface area contributed by atoms with E-state index in [9.17, 15) is 19.2 Å². The van der Waals surface area contributed by atoms with Gasteiger partial charge in [-0.25, -0.2) is 19.6 Å². The van der Waals surface area contributed by atoms with Crippen molar-refractivity contribution in [2.45, 2.75) is 78.3 Å². The van der Waals surface area contributed by atoms with Gasteiger partial charge in [0.05, 0.1) is 50.1 Å². The number of benzene rings is 2. The molecule has 1 aliphatic heterocycles. The van der Waals surface area contributed by atoms with Crippen LogP contribution in [0.5, 0.6) is 0 Å². The fraction of sp³-hybridized carbons (Fsp3) is 0.435. The molecule has 6 rings (SSSR count). The van der Waals surface area contributed by atoms with Crippen LogP contribution in [0.1, 0.15) is 88.6 Å². The van der Waals surface area contributed by atoms with E-state index in [0.29, 0.717) is 31.2 Å². The molecule has 1 aliphatic carbocycles. The average molecular weight is 887 g/mol. The molecule has 2 aromatic heterocycles. The van der Waals surface area contributed by atoms with Crippen molar-refractivity contribution in [1.29, 1.82) is 0 Å². The van der Waals surface area contributed by atoms with Crippen LogP contribution in [0.2, 0.25) is 0 Å². The summed E-state index contributed by atoms with van der Waals surface area (Å²) in [7, 11) is 4.68. The van der Waals surface area contributed by atoms with Crippen molar-refractivity contribution in [1.82, 2.24) is 40.8 Å². The molecule has 4 aromatic rings. The second-order valence-corrected chi connectivity index (χ2v) is 15.1. The Morgan fingerprint density at radius 2 is 1.42 bits per heavy atom. The van der Waals surface area contributed by atoms with Crippen LogP contribution in [0.15, 0.2) is 72.6 Å². The van der Waals surface area contributed by atoms with Crippen molar-refractivity contribution >= 4 is 47.7 Å². The van der Waals surface area contributed by atoms with Gasteiger partial charge in [-0.2, -0.15) is 0 Å². The van der Waals surface area contributed by atoms with E-state index in [1.807, 2.05) is 62.6 Å². The van der Waals surface area contributed by atoms with Crippen LogP contribution in [0, 0.1) is 23.7 Å². The van der Waals surface area contributed by atoms with Gasteiger partial charge in [0, 0.05) is 24.1 Å². The molecule has 5 N–H and O–H groups in total. The lowest BCUT2D eigenvalue weighted by Crippen LogP contribution is -2.39. The zero-order chi connectivity index (χ0) is 45.4. The van der Waals surface area contributed by atoms with E-state index >= 15 is 0 Å². The highest BCUT2D eigenvalue weighted by molar-refractivity contribution is 8.59. The molecule has 62 heavy (non-hydrogen) atoms. The number of hydrogen-bond donors (Lipinski definition) is 7. The lowest BCUT2D eigenvalue weighted by atomic mass is 10.1. The van der Waals surface area contributed by atoms with E-state index in [1.54, 1.807) is 0 Å². The van der Waals surface area contributed by atoms with E-state index in [-0.39, 0.29) is 18.4 Å². The molecule has 16 heteroatoms. The highest BCUT2D eigenvalue weighted by atomic mass is 33.1. The fourth-order valence-corrected chi connectivity index (χ4v) is 6.24. The van der Waals surface area contributed by atoms with Gasteiger partial charge in [-0.3, -0.25) is 9.69 Å². The van der Waals surface area contributed by atoms with Crippen LogP contribution < -0.4 is 16.0 Å². The number of nitrogens with zero attached hydrogens (tertiary/aromatic N) is 3. The number of methoxy groups -OCH3 is 2. The van der Waals surface area contributed by atoms with Gasteiger partial charge >= 0.3 is 12.2 Å². The maximum Gasteiger partial charge on any atom is 0.407 e. The number of ether oxygens (including phenoxy) is 2. The van der Waals surface area contributed by atoms with Gasteiger partial charge in [0.1, 0.15) is 24.5 Å². The van der Waals surface area contributed by atoms with Gasteiger partial charge in [-0.05, 0) is 86.5 Å². The zero-order valence-electron chi connectivity index (χ0n) is 36.8. The minimum absolute atomic E-state index is 0.0894. The second kappa shape index (κ2) is 27.4. The summed E-state index contributed by atoms with van der Waals surface area (Å²) in [6, 6.07) is 16.3. The molecule has 2 unspecified atom stereocenters. The largest absolute Gasteiger partial charge is 0.453 e. The Morgan fingerprint density at radius 1 is 0.855 bits per heavy atom. The van der Waals surface area contributed by atoms with Gasteiger partial charge in [0.25, 0.3) is 0 Å². The molecular formula is C46H62N8O6S2. The predicted molar refractivity (Wildman–Crippen MR) is 251 cm³/mol. The van der Waals surface area contributed by atoms with E-state index in [4.69, 9.17) is 0 Å². The molecular weight excluding hydrogens is 825 g/mol. The summed E-state index contributed by atoms with van der Waals surface area (Å²) in [6.45, 7) is 9.39. The van der Waals surface area contributed by atoms with Gasteiger partial charge in [-0.15, -0.1) is 23.3 Å². The summed E-state index contributed by atoms with van der Waals surface area (Å²) in [5.74, 6) is 8.76. The number of rotatable bonds is 13. The normalized spacial score (nSPS) is 14.8. The number of likely N-dealkylation sites (tertiary alicyclic amines) is 1. The van der Waals surface area contributed by atoms with Crippen LogP contribution >= 0.6 is 23.3 Å². The Bertz CT molecular complexity index is 2090. The van der Waals surface area contributed by atoms with Crippen LogP contribution in [-0.2, 0) is 25.5 Å². The summed E-state index contributed by atoms with van der Waals surface area (Å²) < 4.78 is 8.82. The number of H-pyrrole nitrogens is 2. The lowest BCUT2D eigenvalue weighted by molar-refractivity contribution is -0.120. The number of alkyl carbamates (subject to hydrolysis) is 2. The van der Waals surface area contributed by atoms with E-state index < -0.39 is 18.2 Å². The van der Waals surface area contributed by atoms with Crippen molar-refractivity contribution in [3.8, 4) is 34.4 Å². The molecule has 0 bridgehead atoms. The summed E-state index contributed by atoms with van der Waals surface area (Å²) in [6.07, 6.45) is 11.9. The number of imidazole rings is 2. The van der Waals surface area contributed by atoms with Crippen molar-refractivity contribution in [3.05, 3.63) is 95.3 Å². The third-order valence-electron chi connectivity index (χ3n) is 9.87. The summed E-state index contributed by atoms with van der Waals surface area (Å²) in [5.41, 5.74) is 7.18. The van der Waals surface area contributed by atoms with Gasteiger partial charge < -0.3 is 40.2 Å². The molecule has 1 saturated carbocycles. The van der Waals surface area contributed by atoms with E-state index in [0.717, 1.165) is 71.1 Å². The first-order valence-electron chi connectivity index (χ1n) is 20.8. The summed E-state index contributed by atoms with van der Waals surface area (Å²) >= 11 is 6.44. The molecule has 1 saturated heterocycles. The van der Waals surface area contributed by atoms with Crippen LogP contribution in [0.25, 0.3) is 22.5 Å². The molecule has 0 spiro atoms. The molecule has 3 amide bonds. The van der Waals surface area contributed by atoms with E-state index in [1.165, 1.54) is 32.6 Å². The quantitative estimate of drug-likeness (QED) is 0.0232. The maximum atomic E-state index is 12.0. The minimum atomic E-state index is -0.627. The molecule has 3 heterocycles. The summed E-state index contributed by atoms with van der Waals surface area (Å²) in [4.78, 5) is 62.6. The number of allylic oxidation sites excluding steroid dienone is 1. The molecule has 2 atom stereocenters. The van der Waals surface area contributed by atoms with Crippen molar-refractivity contribution < 1.29 is 28.7 Å². The number of hydrogen-bond acceptors (Lipinski definition) is 11. The van der Waals surface area contributed by atoms with Gasteiger partial charge in [0.2, 0.25) is 5.91 Å². The lowest BCUT2D eigenvalue weighted by Gasteiger charge is -2.16. The molecule has 2 aromatic carbocycles. The Balaban J connectivity index is 0.000000549. The molecule has 14 nitrogen and oxygen atoms in total. The molecule has 0 radical (unpaired) electrons. The number of thiol groups is 2. The first kappa shape index (κ1) is 50.9. The SMILES string of the molecule is CCC.COC(=O)NC(C=O)C(C)C.COC(=O)NCC(=O)NC/C(=C\Cc1ncc(-c2ccc(C#Cc3ccc(-c4cnc(C5CCCN5C)[nH]4)cc3)cc2)[nH]1)C1CC1.SS. The van der Waals surface area contributed by atoms with Crippen LogP contribution in [0.4, 0.5) is 9.59 Å². The third-order valence-corrected chi connectivity index (χ3v) is 9.87. The standard InChI is InChI=1S/C36H39N7O3.C7H13NO3.C3H8.H2S2/c1-43-19-3-4-32(43)35-39-22-31(42-35)28-13-9-25(10-14-28)6-5-24-7-11-27(12-8-24)30-21-37-33(41-30)18-17-29(26-15-16-26)20-38-34(44)23-40-36(45)46-2;1-5(2)6(4-9)8-7(10)11-3;1-3-2;1-2/h7-14,17,21-22,26,32H,3-4,15-16,18-20,23H2,1-2H3,(H,37,41)(H,38,44)(H,39,42)(H,40,45);4-6H,1-3H3,(H,8,10);3H2,1-2H3;1-2H/b29-17+;;;. The number of aromatic nitrogens is 4. The fourth-order valence-electron chi connectivity index (χ4n) is 6.24. The second-order valence-electron chi connectivity index (χ2n) is 15.1. The smallest absolute Gasteiger partial charge is 0.407 e. The number of carbonyl (C=O) groups excluding carboxylic acids is 4. The number of amides is 3. The van der Waals surface area contributed by atoms with Crippen LogP contribution in [0.3, 0.4) is 0 Å². The number of carbonyl (C=O) groups is 4. The Hall–Kier alpha value is -5.50. The third kappa shape index (κ3) is 17.1. The van der Waals surface area contributed by atoms with Crippen LogP contribution in [-0.4, -0.2) is 96.2 Å². The van der Waals surface area contributed by atoms with Crippen molar-refractivity contribution in [2.75, 3.05) is 40.9 Å². The number of aldehydes is 1. The molecule has 2 fully saturated rings. The summed E-state index contributed by atoms with van der Waals surface area (Å²) in [5, 5.41) is 7.65.